The molecule has 0 aromatic carbocycles. The van der Waals surface area contributed by atoms with E-state index < -0.39 is 0 Å². The number of allylic oxidation sites excluding steroid dienone is 2. The summed E-state index contributed by atoms with van der Waals surface area (Å²) in [5.41, 5.74) is 2.71. The fraction of sp³-hybridized carbons (Fsp3) is 0.778. The lowest BCUT2D eigenvalue weighted by Crippen LogP contribution is -2.23. The van der Waals surface area contributed by atoms with E-state index in [-0.39, 0.29) is 0 Å². The van der Waals surface area contributed by atoms with Crippen molar-refractivity contribution >= 4 is 11.4 Å². The van der Waals surface area contributed by atoms with E-state index >= 15 is 0 Å². The molecule has 0 aliphatic heterocycles. The zero-order chi connectivity index (χ0) is 14.6. The Morgan fingerprint density at radius 2 is 1.27 bits per heavy atom. The summed E-state index contributed by atoms with van der Waals surface area (Å²) in [5.74, 6) is 7.93. The first-order valence-electron chi connectivity index (χ1n) is 8.73. The van der Waals surface area contributed by atoms with Gasteiger partial charge in [-0.05, 0) is 60.2 Å². The van der Waals surface area contributed by atoms with Gasteiger partial charge in [-0.2, -0.15) is 0 Å². The Morgan fingerprint density at radius 3 is 1.73 bits per heavy atom. The van der Waals surface area contributed by atoms with Gasteiger partial charge in [0.05, 0.1) is 11.4 Å². The summed E-state index contributed by atoms with van der Waals surface area (Å²) in [5, 5.41) is 8.90. The Balaban J connectivity index is 1.52. The van der Waals surface area contributed by atoms with Gasteiger partial charge in [-0.1, -0.05) is 22.5 Å². The average molecular weight is 298 g/mol. The number of oxime groups is 2. The highest BCUT2D eigenvalue weighted by Gasteiger charge is 2.76. The minimum atomic E-state index is 0.676. The largest absolute Gasteiger partial charge is 0.399 e. The minimum Gasteiger partial charge on any atom is -0.399 e. The second-order valence-corrected chi connectivity index (χ2v) is 8.17. The zero-order valence-corrected chi connectivity index (χ0v) is 13.1. The molecule has 0 N–H and O–H groups in total. The molecule has 2 unspecified atom stereocenters. The first-order chi connectivity index (χ1) is 10.8. The Morgan fingerprint density at radius 1 is 0.773 bits per heavy atom. The predicted octanol–water partition coefficient (Wildman–Crippen LogP) is 2.57. The van der Waals surface area contributed by atoms with Crippen molar-refractivity contribution < 1.29 is 9.68 Å². The van der Waals surface area contributed by atoms with E-state index in [0.717, 1.165) is 48.3 Å². The SMILES string of the molecule is CO/N=C1/C[C@@H]2[C@@H]3C/C(=N/OC)[C@H]4[C@H]3C3C5[C@H](C=C[C@@H]54)[C@@H]1[C@@H]32. The van der Waals surface area contributed by atoms with Gasteiger partial charge in [0.1, 0.15) is 14.2 Å². The number of hydrogen-bond acceptors (Lipinski definition) is 4. The maximum Gasteiger partial charge on any atom is 0.106 e. The van der Waals surface area contributed by atoms with Crippen LogP contribution in [0.4, 0.5) is 0 Å². The highest BCUT2D eigenvalue weighted by atomic mass is 16.6. The molecule has 0 aromatic heterocycles. The molecule has 10 atom stereocenters. The molecule has 6 aliphatic carbocycles. The molecule has 0 bridgehead atoms. The summed E-state index contributed by atoms with van der Waals surface area (Å²) in [7, 11) is 3.39. The first-order valence-corrected chi connectivity index (χ1v) is 8.73. The van der Waals surface area contributed by atoms with E-state index in [9.17, 15) is 0 Å². The van der Waals surface area contributed by atoms with Gasteiger partial charge in [0.25, 0.3) is 0 Å². The Hall–Kier alpha value is -1.32. The van der Waals surface area contributed by atoms with E-state index in [0.29, 0.717) is 23.7 Å². The quantitative estimate of drug-likeness (QED) is 0.581. The van der Waals surface area contributed by atoms with Crippen molar-refractivity contribution in [3.05, 3.63) is 12.2 Å². The molecule has 0 spiro atoms. The average Bonchev–Trinajstić information content (AvgIpc) is 3.21. The van der Waals surface area contributed by atoms with Crippen LogP contribution in [0.2, 0.25) is 0 Å². The molecule has 0 heterocycles. The van der Waals surface area contributed by atoms with Gasteiger partial charge in [0.2, 0.25) is 0 Å². The molecule has 4 heteroatoms. The standard InChI is InChI=1S/C18H22N2O2/c1-21-19-11-5-9-10-6-12(20-22-2)15-8-4-3-7-13(8)18(17(10)15)16(9)14(7)11/h3-4,7-10,13-18H,5-6H2,1-2H3/b19-11-,20-12-/t7-,8-,9-,10+,13?,14-,15-,16-,17-,18?/m0/s1. The van der Waals surface area contributed by atoms with Crippen molar-refractivity contribution in [1.29, 1.82) is 0 Å². The fourth-order valence-corrected chi connectivity index (χ4v) is 8.09. The van der Waals surface area contributed by atoms with E-state index in [2.05, 4.69) is 22.5 Å². The molecule has 4 nitrogen and oxygen atoms in total. The topological polar surface area (TPSA) is 43.2 Å². The molecular formula is C18H22N2O2. The lowest BCUT2D eigenvalue weighted by molar-refractivity contribution is 0.208. The van der Waals surface area contributed by atoms with Crippen molar-refractivity contribution in [1.82, 2.24) is 0 Å². The van der Waals surface area contributed by atoms with Gasteiger partial charge in [-0.15, -0.1) is 0 Å². The van der Waals surface area contributed by atoms with Crippen LogP contribution in [0.25, 0.3) is 0 Å². The van der Waals surface area contributed by atoms with Crippen LogP contribution in [-0.2, 0) is 9.68 Å². The van der Waals surface area contributed by atoms with Crippen molar-refractivity contribution in [2.75, 3.05) is 14.2 Å². The fourth-order valence-electron chi connectivity index (χ4n) is 8.09. The lowest BCUT2D eigenvalue weighted by atomic mass is 9.83. The summed E-state index contributed by atoms with van der Waals surface area (Å²) in [6, 6.07) is 0. The molecule has 116 valence electrons. The van der Waals surface area contributed by atoms with Gasteiger partial charge >= 0.3 is 0 Å². The van der Waals surface area contributed by atoms with E-state index in [1.807, 2.05) is 0 Å². The van der Waals surface area contributed by atoms with E-state index in [1.165, 1.54) is 11.4 Å². The Bertz CT molecular complexity index is 587. The summed E-state index contributed by atoms with van der Waals surface area (Å²) >= 11 is 0. The summed E-state index contributed by atoms with van der Waals surface area (Å²) in [6.07, 6.45) is 7.35. The third-order valence-corrected chi connectivity index (χ3v) is 8.05. The van der Waals surface area contributed by atoms with Crippen LogP contribution < -0.4 is 0 Å². The molecule has 0 aromatic rings. The molecular weight excluding hydrogens is 276 g/mol. The number of rotatable bonds is 2. The molecule has 6 rings (SSSR count). The smallest absolute Gasteiger partial charge is 0.106 e. The lowest BCUT2D eigenvalue weighted by Gasteiger charge is -2.21. The van der Waals surface area contributed by atoms with Gasteiger partial charge in [0, 0.05) is 11.8 Å². The van der Waals surface area contributed by atoms with Crippen LogP contribution in [0.1, 0.15) is 12.8 Å². The molecule has 0 radical (unpaired) electrons. The van der Waals surface area contributed by atoms with Crippen molar-refractivity contribution in [2.45, 2.75) is 12.8 Å². The molecule has 5 fully saturated rings. The zero-order valence-electron chi connectivity index (χ0n) is 13.1. The second kappa shape index (κ2) is 3.77. The third-order valence-electron chi connectivity index (χ3n) is 8.05. The maximum atomic E-state index is 5.19. The second-order valence-electron chi connectivity index (χ2n) is 8.17. The van der Waals surface area contributed by atoms with Crippen LogP contribution in [0, 0.1) is 59.2 Å². The molecule has 0 saturated heterocycles. The van der Waals surface area contributed by atoms with Crippen molar-refractivity contribution in [3.63, 3.8) is 0 Å². The monoisotopic (exact) mass is 298 g/mol. The maximum absolute atomic E-state index is 5.19. The van der Waals surface area contributed by atoms with Crippen LogP contribution in [0.3, 0.4) is 0 Å². The van der Waals surface area contributed by atoms with Crippen molar-refractivity contribution in [2.24, 2.45) is 69.5 Å². The molecule has 22 heavy (non-hydrogen) atoms. The number of fused-ring (bicyclic) bond motifs is 3. The highest BCUT2D eigenvalue weighted by molar-refractivity contribution is 5.94. The summed E-state index contributed by atoms with van der Waals surface area (Å²) < 4.78 is 0. The number of nitrogens with zero attached hydrogens (tertiary/aromatic N) is 2. The highest BCUT2D eigenvalue weighted by Crippen LogP contribution is 2.77. The normalized spacial score (nSPS) is 61.7. The van der Waals surface area contributed by atoms with Crippen LogP contribution in [0.15, 0.2) is 22.5 Å². The molecule has 5 saturated carbocycles. The van der Waals surface area contributed by atoms with Crippen LogP contribution >= 0.6 is 0 Å². The minimum absolute atomic E-state index is 0.676. The molecule has 6 aliphatic rings. The van der Waals surface area contributed by atoms with E-state index in [4.69, 9.17) is 9.68 Å². The third kappa shape index (κ3) is 1.08. The van der Waals surface area contributed by atoms with Crippen molar-refractivity contribution in [3.8, 4) is 0 Å². The van der Waals surface area contributed by atoms with Gasteiger partial charge in [-0.3, -0.25) is 0 Å². The summed E-state index contributed by atoms with van der Waals surface area (Å²) in [6.45, 7) is 0. The predicted molar refractivity (Wildman–Crippen MR) is 82.2 cm³/mol. The van der Waals surface area contributed by atoms with E-state index in [1.54, 1.807) is 14.2 Å². The summed E-state index contributed by atoms with van der Waals surface area (Å²) in [4.78, 5) is 10.4. The first kappa shape index (κ1) is 12.1. The van der Waals surface area contributed by atoms with Crippen LogP contribution in [0.5, 0.6) is 0 Å². The van der Waals surface area contributed by atoms with Gasteiger partial charge in [-0.25, -0.2) is 0 Å². The van der Waals surface area contributed by atoms with Gasteiger partial charge < -0.3 is 9.68 Å². The van der Waals surface area contributed by atoms with Crippen LogP contribution in [-0.4, -0.2) is 25.6 Å². The number of hydrogen-bond donors (Lipinski definition) is 0. The molecule has 0 amide bonds. The Labute approximate surface area is 130 Å². The van der Waals surface area contributed by atoms with Gasteiger partial charge in [0.15, 0.2) is 0 Å². The Kier molecular flexibility index (Phi) is 2.08.